The van der Waals surface area contributed by atoms with Gasteiger partial charge in [-0.2, -0.15) is 0 Å². The van der Waals surface area contributed by atoms with Gasteiger partial charge in [-0.1, -0.05) is 12.1 Å². The second kappa shape index (κ2) is 6.99. The van der Waals surface area contributed by atoms with E-state index in [0.717, 1.165) is 0 Å². The molecular formula is C19H19N3O5S. The lowest BCUT2D eigenvalue weighted by molar-refractivity contribution is -0.147. The Labute approximate surface area is 165 Å². The fraction of sp³-hybridized carbons (Fsp3) is 0.316. The molecule has 0 spiro atoms. The first-order valence-electron chi connectivity index (χ1n) is 8.76. The average molecular weight is 401 g/mol. The number of amides is 2. The van der Waals surface area contributed by atoms with Gasteiger partial charge in [-0.3, -0.25) is 14.5 Å². The molecule has 9 heteroatoms. The van der Waals surface area contributed by atoms with E-state index in [1.165, 1.54) is 16.7 Å². The molecular weight excluding hydrogens is 382 g/mol. The van der Waals surface area contributed by atoms with Gasteiger partial charge in [0.15, 0.2) is 0 Å². The van der Waals surface area contributed by atoms with Gasteiger partial charge in [0, 0.05) is 17.9 Å². The summed E-state index contributed by atoms with van der Waals surface area (Å²) < 4.78 is 5.34. The molecule has 146 valence electrons. The van der Waals surface area contributed by atoms with E-state index in [-0.39, 0.29) is 17.0 Å². The fourth-order valence-corrected chi connectivity index (χ4v) is 4.94. The van der Waals surface area contributed by atoms with Crippen LogP contribution in [0.1, 0.15) is 6.42 Å². The predicted molar refractivity (Wildman–Crippen MR) is 104 cm³/mol. The van der Waals surface area contributed by atoms with Crippen LogP contribution in [0.2, 0.25) is 0 Å². The molecule has 2 saturated heterocycles. The minimum atomic E-state index is -1.19. The van der Waals surface area contributed by atoms with Crippen LogP contribution in [0.4, 0.5) is 5.69 Å². The first-order chi connectivity index (χ1) is 13.4. The Morgan fingerprint density at radius 1 is 1.36 bits per heavy atom. The van der Waals surface area contributed by atoms with Crippen LogP contribution in [0.15, 0.2) is 47.2 Å². The van der Waals surface area contributed by atoms with E-state index in [4.69, 9.17) is 10.5 Å². The third-order valence-electron chi connectivity index (χ3n) is 5.09. The number of nitrogens with zero attached hydrogens (tertiary/aromatic N) is 2. The largest absolute Gasteiger partial charge is 0.495 e. The Morgan fingerprint density at radius 3 is 2.82 bits per heavy atom. The van der Waals surface area contributed by atoms with Gasteiger partial charge in [-0.25, -0.2) is 4.79 Å². The molecule has 3 aliphatic rings. The molecule has 1 aromatic carbocycles. The predicted octanol–water partition coefficient (Wildman–Crippen LogP) is 0.939. The molecule has 0 aromatic heterocycles. The van der Waals surface area contributed by atoms with E-state index in [9.17, 15) is 19.5 Å². The van der Waals surface area contributed by atoms with Gasteiger partial charge in [-0.15, -0.1) is 11.8 Å². The number of hydrogen-bond donors (Lipinski definition) is 2. The van der Waals surface area contributed by atoms with Crippen molar-refractivity contribution >= 4 is 35.2 Å². The molecule has 0 radical (unpaired) electrons. The molecule has 4 rings (SSSR count). The van der Waals surface area contributed by atoms with Crippen LogP contribution < -0.4 is 15.4 Å². The number of ether oxygens (including phenoxy) is 1. The highest BCUT2D eigenvalue weighted by molar-refractivity contribution is 8.00. The number of thioether (sulfide) groups is 1. The summed E-state index contributed by atoms with van der Waals surface area (Å²) in [5.74, 6) is -0.808. The smallest absolute Gasteiger partial charge is 0.352 e. The topological polar surface area (TPSA) is 113 Å². The number of allylic oxidation sites excluding steroid dienone is 1. The van der Waals surface area contributed by atoms with Crippen LogP contribution in [-0.4, -0.2) is 58.6 Å². The maximum atomic E-state index is 12.9. The Kier molecular flexibility index (Phi) is 4.64. The summed E-state index contributed by atoms with van der Waals surface area (Å²) in [4.78, 5) is 39.6. The third-order valence-corrected chi connectivity index (χ3v) is 6.41. The molecule has 3 aliphatic heterocycles. The average Bonchev–Trinajstić information content (AvgIpc) is 3.06. The van der Waals surface area contributed by atoms with Crippen molar-refractivity contribution in [2.24, 2.45) is 5.73 Å². The lowest BCUT2D eigenvalue weighted by Gasteiger charge is -2.47. The molecule has 2 atom stereocenters. The number of rotatable bonds is 4. The summed E-state index contributed by atoms with van der Waals surface area (Å²) >= 11 is 1.41. The lowest BCUT2D eigenvalue weighted by atomic mass is 10.0. The summed E-state index contributed by atoms with van der Waals surface area (Å²) in [5.41, 5.74) is 7.33. The standard InChI is InChI=1S/C19H19N3O5S/c1-27-13-5-3-2-4-12(13)21-7-6-10(16(21)23)8-11-9-28-18-14(20)17(24)22(18)15(11)19(25)26/h2-5,8,14,18H,6-7,9,20H2,1H3,(H,25,26)/b10-8+/t14-,18-/m1/s1. The fourth-order valence-electron chi connectivity index (χ4n) is 3.69. The first-order valence-corrected chi connectivity index (χ1v) is 9.81. The van der Waals surface area contributed by atoms with Crippen molar-refractivity contribution in [1.82, 2.24) is 4.90 Å². The van der Waals surface area contributed by atoms with Gasteiger partial charge in [0.2, 0.25) is 5.91 Å². The summed E-state index contributed by atoms with van der Waals surface area (Å²) in [7, 11) is 1.55. The van der Waals surface area contributed by atoms with E-state index in [2.05, 4.69) is 0 Å². The van der Waals surface area contributed by atoms with Gasteiger partial charge in [0.1, 0.15) is 22.9 Å². The van der Waals surface area contributed by atoms with Crippen molar-refractivity contribution in [3.8, 4) is 5.75 Å². The summed E-state index contributed by atoms with van der Waals surface area (Å²) in [5, 5.41) is 9.27. The van der Waals surface area contributed by atoms with Crippen LogP contribution >= 0.6 is 11.8 Å². The first kappa shape index (κ1) is 18.6. The number of benzene rings is 1. The molecule has 3 heterocycles. The Balaban J connectivity index is 1.66. The third kappa shape index (κ3) is 2.78. The number of methoxy groups -OCH3 is 1. The number of hydrogen-bond acceptors (Lipinski definition) is 6. The van der Waals surface area contributed by atoms with Gasteiger partial charge in [0.05, 0.1) is 12.8 Å². The minimum Gasteiger partial charge on any atom is -0.495 e. The van der Waals surface area contributed by atoms with Crippen LogP contribution in [0.3, 0.4) is 0 Å². The van der Waals surface area contributed by atoms with Gasteiger partial charge in [0.25, 0.3) is 5.91 Å². The van der Waals surface area contributed by atoms with Crippen molar-refractivity contribution in [3.05, 3.63) is 47.2 Å². The Hall–Kier alpha value is -2.78. The van der Waals surface area contributed by atoms with Gasteiger partial charge in [-0.05, 0) is 30.2 Å². The zero-order valence-electron chi connectivity index (χ0n) is 15.1. The molecule has 0 bridgehead atoms. The van der Waals surface area contributed by atoms with E-state index in [1.807, 2.05) is 18.2 Å². The second-order valence-corrected chi connectivity index (χ2v) is 7.77. The number of nitrogens with two attached hydrogens (primary N) is 1. The molecule has 0 aliphatic carbocycles. The van der Waals surface area contributed by atoms with Crippen LogP contribution in [0.5, 0.6) is 5.75 Å². The van der Waals surface area contributed by atoms with Crippen molar-refractivity contribution in [2.75, 3.05) is 24.3 Å². The number of carboxylic acids is 1. The number of anilines is 1. The number of carboxylic acid groups (broad SMARTS) is 1. The Morgan fingerprint density at radius 2 is 2.11 bits per heavy atom. The van der Waals surface area contributed by atoms with Crippen LogP contribution in [0.25, 0.3) is 0 Å². The normalized spacial score (nSPS) is 25.9. The minimum absolute atomic E-state index is 0.0773. The van der Waals surface area contributed by atoms with Crippen molar-refractivity contribution in [1.29, 1.82) is 0 Å². The number of aliphatic carboxylic acids is 1. The highest BCUT2D eigenvalue weighted by Gasteiger charge is 2.51. The zero-order valence-corrected chi connectivity index (χ0v) is 15.9. The number of carbonyl (C=O) groups is 3. The summed E-state index contributed by atoms with van der Waals surface area (Å²) in [6, 6.07) is 6.57. The molecule has 2 amide bonds. The SMILES string of the molecule is COc1ccccc1N1CC/C(=C\C2=C(C(=O)O)N3C(=O)[C@@H](N)[C@H]3SC2)C1=O. The molecule has 28 heavy (non-hydrogen) atoms. The van der Waals surface area contributed by atoms with Crippen molar-refractivity contribution in [2.45, 2.75) is 17.8 Å². The monoisotopic (exact) mass is 401 g/mol. The number of β-lactam (4-membered cyclic amide) rings is 1. The number of para-hydroxylation sites is 2. The molecule has 2 fully saturated rings. The molecule has 0 unspecified atom stereocenters. The highest BCUT2D eigenvalue weighted by atomic mass is 32.2. The van der Waals surface area contributed by atoms with Gasteiger partial charge < -0.3 is 20.5 Å². The Bertz CT molecular complexity index is 941. The zero-order chi connectivity index (χ0) is 20.0. The quantitative estimate of drug-likeness (QED) is 0.570. The van der Waals surface area contributed by atoms with E-state index >= 15 is 0 Å². The molecule has 8 nitrogen and oxygen atoms in total. The van der Waals surface area contributed by atoms with Gasteiger partial charge >= 0.3 is 5.97 Å². The van der Waals surface area contributed by atoms with Crippen molar-refractivity contribution < 1.29 is 24.2 Å². The molecule has 1 aromatic rings. The molecule has 0 saturated carbocycles. The van der Waals surface area contributed by atoms with E-state index in [0.29, 0.717) is 41.3 Å². The summed E-state index contributed by atoms with van der Waals surface area (Å²) in [6.07, 6.45) is 2.09. The van der Waals surface area contributed by atoms with Crippen LogP contribution in [-0.2, 0) is 14.4 Å². The van der Waals surface area contributed by atoms with Crippen molar-refractivity contribution in [3.63, 3.8) is 0 Å². The highest BCUT2D eigenvalue weighted by Crippen LogP contribution is 2.41. The van der Waals surface area contributed by atoms with Crippen LogP contribution in [0, 0.1) is 0 Å². The maximum Gasteiger partial charge on any atom is 0.352 e. The second-order valence-electron chi connectivity index (χ2n) is 6.66. The number of carbonyl (C=O) groups excluding carboxylic acids is 2. The van der Waals surface area contributed by atoms with E-state index in [1.54, 1.807) is 24.2 Å². The number of fused-ring (bicyclic) bond motifs is 1. The maximum absolute atomic E-state index is 12.9. The van der Waals surface area contributed by atoms with E-state index < -0.39 is 17.9 Å². The lowest BCUT2D eigenvalue weighted by Crippen LogP contribution is -2.68. The summed E-state index contributed by atoms with van der Waals surface area (Å²) in [6.45, 7) is 0.476. The molecule has 3 N–H and O–H groups in total.